The Morgan fingerprint density at radius 2 is 2.38 bits per heavy atom. The van der Waals surface area contributed by atoms with Crippen molar-refractivity contribution in [2.75, 3.05) is 25.4 Å². The van der Waals surface area contributed by atoms with Crippen LogP contribution in [0.2, 0.25) is 0 Å². The third-order valence-corrected chi connectivity index (χ3v) is 2.54. The quantitative estimate of drug-likeness (QED) is 0.811. The summed E-state index contributed by atoms with van der Waals surface area (Å²) in [6.45, 7) is 1.95. The predicted molar refractivity (Wildman–Crippen MR) is 60.0 cm³/mol. The number of hydrogen-bond acceptors (Lipinski definition) is 4. The van der Waals surface area contributed by atoms with Gasteiger partial charge in [0.1, 0.15) is 6.61 Å². The van der Waals surface area contributed by atoms with E-state index in [0.29, 0.717) is 31.1 Å². The van der Waals surface area contributed by atoms with Gasteiger partial charge < -0.3 is 15.4 Å². The van der Waals surface area contributed by atoms with Crippen molar-refractivity contribution in [3.05, 3.63) is 18.3 Å². The maximum Gasteiger partial charge on any atom is 0.222 e. The molecule has 0 spiro atoms. The fraction of sp³-hybridized carbons (Fsp3) is 0.455. The number of pyridine rings is 1. The number of carbonyl (C=O) groups is 1. The topological polar surface area (TPSA) is 68.5 Å². The Balaban J connectivity index is 1.75. The van der Waals surface area contributed by atoms with Gasteiger partial charge in [0, 0.05) is 19.0 Å². The van der Waals surface area contributed by atoms with E-state index in [1.54, 1.807) is 18.3 Å². The first-order valence-electron chi connectivity index (χ1n) is 5.38. The minimum atomic E-state index is 0.217. The van der Waals surface area contributed by atoms with E-state index < -0.39 is 0 Å². The largest absolute Gasteiger partial charge is 0.476 e. The molecule has 2 N–H and O–H groups in total. The lowest BCUT2D eigenvalue weighted by atomic mass is 10.4. The van der Waals surface area contributed by atoms with E-state index in [1.165, 1.54) is 0 Å². The van der Waals surface area contributed by atoms with Gasteiger partial charge in [0.15, 0.2) is 0 Å². The number of nitrogens with zero attached hydrogens (tertiary/aromatic N) is 2. The monoisotopic (exact) mass is 221 g/mol. The summed E-state index contributed by atoms with van der Waals surface area (Å²) in [5.41, 5.74) is 6.12. The first-order chi connectivity index (χ1) is 7.75. The van der Waals surface area contributed by atoms with Crippen molar-refractivity contribution < 1.29 is 9.53 Å². The lowest BCUT2D eigenvalue weighted by molar-refractivity contribution is -0.128. The molecule has 1 aliphatic rings. The summed E-state index contributed by atoms with van der Waals surface area (Å²) >= 11 is 0. The molecule has 0 saturated carbocycles. The Morgan fingerprint density at radius 3 is 3.00 bits per heavy atom. The standard InChI is InChI=1S/C11H15N3O2/c12-9-3-4-10(13-8-9)16-7-6-14-5-1-2-11(14)15/h3-4,8H,1-2,5-7,12H2. The van der Waals surface area contributed by atoms with Gasteiger partial charge in [0.25, 0.3) is 0 Å². The summed E-state index contributed by atoms with van der Waals surface area (Å²) in [4.78, 5) is 17.1. The van der Waals surface area contributed by atoms with E-state index in [9.17, 15) is 4.79 Å². The Hall–Kier alpha value is -1.78. The first-order valence-corrected chi connectivity index (χ1v) is 5.38. The van der Waals surface area contributed by atoms with E-state index in [2.05, 4.69) is 4.98 Å². The molecule has 0 unspecified atom stereocenters. The highest BCUT2D eigenvalue weighted by molar-refractivity contribution is 5.78. The number of amides is 1. The summed E-state index contributed by atoms with van der Waals surface area (Å²) in [6, 6.07) is 3.46. The molecule has 5 nitrogen and oxygen atoms in total. The number of hydrogen-bond donors (Lipinski definition) is 1. The summed E-state index contributed by atoms with van der Waals surface area (Å²) in [6.07, 6.45) is 3.18. The number of likely N-dealkylation sites (tertiary alicyclic amines) is 1. The van der Waals surface area contributed by atoms with E-state index >= 15 is 0 Å². The molecule has 16 heavy (non-hydrogen) atoms. The first kappa shape index (κ1) is 10.7. The highest BCUT2D eigenvalue weighted by atomic mass is 16.5. The molecule has 1 fully saturated rings. The van der Waals surface area contributed by atoms with Crippen molar-refractivity contribution in [2.24, 2.45) is 0 Å². The van der Waals surface area contributed by atoms with Crippen LogP contribution in [0.5, 0.6) is 5.88 Å². The van der Waals surface area contributed by atoms with Crippen LogP contribution in [0.4, 0.5) is 5.69 Å². The summed E-state index contributed by atoms with van der Waals surface area (Å²) in [7, 11) is 0. The molecule has 5 heteroatoms. The second-order valence-corrected chi connectivity index (χ2v) is 3.76. The Labute approximate surface area is 94.2 Å². The molecule has 1 aromatic rings. The molecule has 0 atom stereocenters. The van der Waals surface area contributed by atoms with Crippen molar-refractivity contribution >= 4 is 11.6 Å². The Kier molecular flexibility index (Phi) is 3.24. The number of rotatable bonds is 4. The number of nitrogens with two attached hydrogens (primary N) is 1. The van der Waals surface area contributed by atoms with Crippen LogP contribution in [0.1, 0.15) is 12.8 Å². The van der Waals surface area contributed by atoms with E-state index in [4.69, 9.17) is 10.5 Å². The van der Waals surface area contributed by atoms with Gasteiger partial charge in [-0.25, -0.2) is 4.98 Å². The minimum Gasteiger partial charge on any atom is -0.476 e. The van der Waals surface area contributed by atoms with Gasteiger partial charge in [-0.05, 0) is 12.5 Å². The third-order valence-electron chi connectivity index (χ3n) is 2.54. The molecule has 2 rings (SSSR count). The SMILES string of the molecule is Nc1ccc(OCCN2CCCC2=O)nc1. The molecule has 0 bridgehead atoms. The molecule has 1 saturated heterocycles. The smallest absolute Gasteiger partial charge is 0.222 e. The summed E-state index contributed by atoms with van der Waals surface area (Å²) in [5.74, 6) is 0.759. The van der Waals surface area contributed by atoms with Crippen LogP contribution >= 0.6 is 0 Å². The van der Waals surface area contributed by atoms with Gasteiger partial charge in [-0.15, -0.1) is 0 Å². The van der Waals surface area contributed by atoms with Crippen molar-refractivity contribution in [1.29, 1.82) is 0 Å². The van der Waals surface area contributed by atoms with E-state index in [1.807, 2.05) is 4.90 Å². The van der Waals surface area contributed by atoms with Crippen molar-refractivity contribution in [2.45, 2.75) is 12.8 Å². The Bertz CT molecular complexity index is 364. The number of nitrogen functional groups attached to an aromatic ring is 1. The molecular weight excluding hydrogens is 206 g/mol. The fourth-order valence-corrected chi connectivity index (χ4v) is 1.68. The zero-order valence-electron chi connectivity index (χ0n) is 9.06. The van der Waals surface area contributed by atoms with Gasteiger partial charge in [-0.3, -0.25) is 4.79 Å². The average molecular weight is 221 g/mol. The lowest BCUT2D eigenvalue weighted by Crippen LogP contribution is -2.29. The van der Waals surface area contributed by atoms with Gasteiger partial charge in [0.05, 0.1) is 18.4 Å². The highest BCUT2D eigenvalue weighted by Gasteiger charge is 2.19. The minimum absolute atomic E-state index is 0.217. The van der Waals surface area contributed by atoms with Gasteiger partial charge >= 0.3 is 0 Å². The van der Waals surface area contributed by atoms with Crippen LogP contribution in [0.15, 0.2) is 18.3 Å². The van der Waals surface area contributed by atoms with Crippen LogP contribution in [-0.4, -0.2) is 35.5 Å². The number of carbonyl (C=O) groups excluding carboxylic acids is 1. The van der Waals surface area contributed by atoms with Crippen LogP contribution in [0.3, 0.4) is 0 Å². The van der Waals surface area contributed by atoms with Gasteiger partial charge in [0.2, 0.25) is 11.8 Å². The zero-order chi connectivity index (χ0) is 11.4. The maximum absolute atomic E-state index is 11.3. The van der Waals surface area contributed by atoms with Gasteiger partial charge in [-0.1, -0.05) is 0 Å². The molecule has 1 aliphatic heterocycles. The molecule has 0 aliphatic carbocycles. The molecule has 2 heterocycles. The van der Waals surface area contributed by atoms with Crippen LogP contribution in [0.25, 0.3) is 0 Å². The van der Waals surface area contributed by atoms with Crippen molar-refractivity contribution in [1.82, 2.24) is 9.88 Å². The molecule has 1 aromatic heterocycles. The molecular formula is C11H15N3O2. The van der Waals surface area contributed by atoms with Crippen LogP contribution in [0, 0.1) is 0 Å². The van der Waals surface area contributed by atoms with Crippen LogP contribution in [-0.2, 0) is 4.79 Å². The van der Waals surface area contributed by atoms with E-state index in [-0.39, 0.29) is 5.91 Å². The Morgan fingerprint density at radius 1 is 1.50 bits per heavy atom. The normalized spacial score (nSPS) is 15.5. The van der Waals surface area contributed by atoms with Crippen molar-refractivity contribution in [3.8, 4) is 5.88 Å². The number of anilines is 1. The predicted octanol–water partition coefficient (Wildman–Crippen LogP) is 0.665. The summed E-state index contributed by atoms with van der Waals surface area (Å²) < 4.78 is 5.41. The van der Waals surface area contributed by atoms with Gasteiger partial charge in [-0.2, -0.15) is 0 Å². The second kappa shape index (κ2) is 4.83. The van der Waals surface area contributed by atoms with Crippen molar-refractivity contribution in [3.63, 3.8) is 0 Å². The zero-order valence-corrected chi connectivity index (χ0v) is 9.06. The van der Waals surface area contributed by atoms with Crippen LogP contribution < -0.4 is 10.5 Å². The molecule has 1 amide bonds. The summed E-state index contributed by atoms with van der Waals surface area (Å²) in [5, 5.41) is 0. The fourth-order valence-electron chi connectivity index (χ4n) is 1.68. The number of ether oxygens (including phenoxy) is 1. The highest BCUT2D eigenvalue weighted by Crippen LogP contribution is 2.10. The molecule has 0 aromatic carbocycles. The average Bonchev–Trinajstić information content (AvgIpc) is 2.68. The number of aromatic nitrogens is 1. The lowest BCUT2D eigenvalue weighted by Gasteiger charge is -2.15. The molecule has 0 radical (unpaired) electrons. The second-order valence-electron chi connectivity index (χ2n) is 3.76. The molecule has 86 valence electrons. The van der Waals surface area contributed by atoms with E-state index in [0.717, 1.165) is 13.0 Å². The third kappa shape index (κ3) is 2.62. The maximum atomic E-state index is 11.3.